The number of nitrogens with zero attached hydrogens (tertiary/aromatic N) is 2. The summed E-state index contributed by atoms with van der Waals surface area (Å²) in [5.74, 6) is 1.75. The Hall–Kier alpha value is -1.09. The highest BCUT2D eigenvalue weighted by atomic mass is 15.2. The van der Waals surface area contributed by atoms with Gasteiger partial charge in [-0.3, -0.25) is 4.90 Å². The van der Waals surface area contributed by atoms with Crippen LogP contribution in [0.25, 0.3) is 0 Å². The summed E-state index contributed by atoms with van der Waals surface area (Å²) in [5, 5.41) is 3.11. The van der Waals surface area contributed by atoms with Gasteiger partial charge in [0.05, 0.1) is 0 Å². The Balaban J connectivity index is 1.94. The SMILES string of the molecule is CNc1cc(CN(CCC(C)C)C2CC2)ccn1. The maximum atomic E-state index is 4.27. The van der Waals surface area contributed by atoms with Crippen LogP contribution in [0.15, 0.2) is 18.3 Å². The molecule has 1 aromatic heterocycles. The molecule has 0 atom stereocenters. The number of nitrogens with one attached hydrogen (secondary N) is 1. The second-order valence-corrected chi connectivity index (χ2v) is 5.68. The molecule has 1 saturated carbocycles. The second-order valence-electron chi connectivity index (χ2n) is 5.68. The summed E-state index contributed by atoms with van der Waals surface area (Å²) in [7, 11) is 1.92. The molecule has 2 rings (SSSR count). The lowest BCUT2D eigenvalue weighted by Crippen LogP contribution is -2.27. The highest BCUT2D eigenvalue weighted by Gasteiger charge is 2.28. The first-order valence-corrected chi connectivity index (χ1v) is 7.05. The minimum atomic E-state index is 0.788. The molecule has 1 heterocycles. The van der Waals surface area contributed by atoms with E-state index in [4.69, 9.17) is 0 Å². The number of hydrogen-bond donors (Lipinski definition) is 1. The van der Waals surface area contributed by atoms with Gasteiger partial charge in [0, 0.05) is 25.8 Å². The third-order valence-corrected chi connectivity index (χ3v) is 3.52. The van der Waals surface area contributed by atoms with Gasteiger partial charge in [0.25, 0.3) is 0 Å². The molecule has 0 bridgehead atoms. The minimum Gasteiger partial charge on any atom is -0.373 e. The molecule has 1 fully saturated rings. The van der Waals surface area contributed by atoms with Gasteiger partial charge in [0.15, 0.2) is 0 Å². The standard InChI is InChI=1S/C15H25N3/c1-12(2)7-9-18(14-4-5-14)11-13-6-8-17-15(10-13)16-3/h6,8,10,12,14H,4-5,7,9,11H2,1-3H3,(H,16,17). The first-order chi connectivity index (χ1) is 8.69. The van der Waals surface area contributed by atoms with Gasteiger partial charge in [-0.05, 0) is 49.4 Å². The van der Waals surface area contributed by atoms with E-state index in [2.05, 4.69) is 41.2 Å². The van der Waals surface area contributed by atoms with Gasteiger partial charge in [-0.2, -0.15) is 0 Å². The van der Waals surface area contributed by atoms with Gasteiger partial charge in [-0.15, -0.1) is 0 Å². The van der Waals surface area contributed by atoms with E-state index < -0.39 is 0 Å². The van der Waals surface area contributed by atoms with Crippen LogP contribution >= 0.6 is 0 Å². The van der Waals surface area contributed by atoms with Crippen molar-refractivity contribution < 1.29 is 0 Å². The van der Waals surface area contributed by atoms with Gasteiger partial charge >= 0.3 is 0 Å². The van der Waals surface area contributed by atoms with Crippen LogP contribution in [0, 0.1) is 5.92 Å². The fourth-order valence-electron chi connectivity index (χ4n) is 2.20. The minimum absolute atomic E-state index is 0.788. The van der Waals surface area contributed by atoms with Crippen molar-refractivity contribution in [3.05, 3.63) is 23.9 Å². The number of pyridine rings is 1. The van der Waals surface area contributed by atoms with E-state index in [0.29, 0.717) is 0 Å². The van der Waals surface area contributed by atoms with Crippen LogP contribution in [-0.4, -0.2) is 29.5 Å². The predicted octanol–water partition coefficient (Wildman–Crippen LogP) is 3.13. The Kier molecular flexibility index (Phi) is 4.59. The molecule has 0 radical (unpaired) electrons. The largest absolute Gasteiger partial charge is 0.373 e. The van der Waals surface area contributed by atoms with Gasteiger partial charge in [-0.1, -0.05) is 13.8 Å². The van der Waals surface area contributed by atoms with Crippen molar-refractivity contribution in [3.8, 4) is 0 Å². The molecular weight excluding hydrogens is 222 g/mol. The van der Waals surface area contributed by atoms with E-state index >= 15 is 0 Å². The highest BCUT2D eigenvalue weighted by Crippen LogP contribution is 2.29. The molecular formula is C15H25N3. The Morgan fingerprint density at radius 1 is 1.44 bits per heavy atom. The van der Waals surface area contributed by atoms with E-state index in [-0.39, 0.29) is 0 Å². The number of rotatable bonds is 7. The average molecular weight is 247 g/mol. The van der Waals surface area contributed by atoms with Crippen molar-refractivity contribution >= 4 is 5.82 Å². The van der Waals surface area contributed by atoms with E-state index in [1.54, 1.807) is 0 Å². The molecule has 3 nitrogen and oxygen atoms in total. The number of aromatic nitrogens is 1. The predicted molar refractivity (Wildman–Crippen MR) is 76.7 cm³/mol. The van der Waals surface area contributed by atoms with Crippen LogP contribution in [0.2, 0.25) is 0 Å². The summed E-state index contributed by atoms with van der Waals surface area (Å²) in [5.41, 5.74) is 1.37. The van der Waals surface area contributed by atoms with Gasteiger partial charge in [0.1, 0.15) is 5.82 Å². The fourth-order valence-corrected chi connectivity index (χ4v) is 2.20. The third-order valence-electron chi connectivity index (χ3n) is 3.52. The zero-order chi connectivity index (χ0) is 13.0. The third kappa shape index (κ3) is 3.98. The summed E-state index contributed by atoms with van der Waals surface area (Å²) in [6, 6.07) is 5.12. The van der Waals surface area contributed by atoms with Gasteiger partial charge < -0.3 is 5.32 Å². The van der Waals surface area contributed by atoms with Crippen molar-refractivity contribution in [2.24, 2.45) is 5.92 Å². The lowest BCUT2D eigenvalue weighted by atomic mass is 10.1. The molecule has 100 valence electrons. The molecule has 18 heavy (non-hydrogen) atoms. The molecule has 0 aliphatic heterocycles. The zero-order valence-corrected chi connectivity index (χ0v) is 11.8. The molecule has 1 aliphatic carbocycles. The molecule has 0 saturated heterocycles. The first kappa shape index (κ1) is 13.3. The summed E-state index contributed by atoms with van der Waals surface area (Å²) < 4.78 is 0. The zero-order valence-electron chi connectivity index (χ0n) is 11.8. The van der Waals surface area contributed by atoms with E-state index in [1.807, 2.05) is 13.2 Å². The van der Waals surface area contributed by atoms with Crippen LogP contribution in [0.1, 0.15) is 38.7 Å². The monoisotopic (exact) mass is 247 g/mol. The summed E-state index contributed by atoms with van der Waals surface area (Å²) in [4.78, 5) is 6.90. The van der Waals surface area contributed by atoms with Crippen molar-refractivity contribution in [3.63, 3.8) is 0 Å². The van der Waals surface area contributed by atoms with Gasteiger partial charge in [0.2, 0.25) is 0 Å². The van der Waals surface area contributed by atoms with Crippen LogP contribution in [-0.2, 0) is 6.54 Å². The number of hydrogen-bond acceptors (Lipinski definition) is 3. The van der Waals surface area contributed by atoms with E-state index in [0.717, 1.165) is 24.3 Å². The topological polar surface area (TPSA) is 28.2 Å². The average Bonchev–Trinajstić information content (AvgIpc) is 3.18. The Morgan fingerprint density at radius 3 is 2.83 bits per heavy atom. The van der Waals surface area contributed by atoms with Crippen molar-refractivity contribution in [2.45, 2.75) is 45.7 Å². The van der Waals surface area contributed by atoms with Crippen molar-refractivity contribution in [1.82, 2.24) is 9.88 Å². The summed E-state index contributed by atoms with van der Waals surface area (Å²) >= 11 is 0. The van der Waals surface area contributed by atoms with Crippen LogP contribution in [0.5, 0.6) is 0 Å². The van der Waals surface area contributed by atoms with Crippen LogP contribution in [0.3, 0.4) is 0 Å². The maximum Gasteiger partial charge on any atom is 0.125 e. The molecule has 1 aromatic rings. The molecule has 1 N–H and O–H groups in total. The van der Waals surface area contributed by atoms with Crippen molar-refractivity contribution in [1.29, 1.82) is 0 Å². The lowest BCUT2D eigenvalue weighted by molar-refractivity contribution is 0.239. The smallest absolute Gasteiger partial charge is 0.125 e. The first-order valence-electron chi connectivity index (χ1n) is 7.05. The second kappa shape index (κ2) is 6.19. The summed E-state index contributed by atoms with van der Waals surface area (Å²) in [6.07, 6.45) is 5.94. The Labute approximate surface area is 111 Å². The molecule has 1 aliphatic rings. The molecule has 0 aromatic carbocycles. The molecule has 0 spiro atoms. The van der Waals surface area contributed by atoms with E-state index in [1.165, 1.54) is 31.4 Å². The fraction of sp³-hybridized carbons (Fsp3) is 0.667. The lowest BCUT2D eigenvalue weighted by Gasteiger charge is -2.23. The molecule has 3 heteroatoms. The molecule has 0 unspecified atom stereocenters. The normalized spacial score (nSPS) is 15.4. The molecule has 0 amide bonds. The quantitative estimate of drug-likeness (QED) is 0.802. The van der Waals surface area contributed by atoms with Crippen molar-refractivity contribution in [2.75, 3.05) is 18.9 Å². The van der Waals surface area contributed by atoms with E-state index in [9.17, 15) is 0 Å². The Bertz CT molecular complexity index is 372. The van der Waals surface area contributed by atoms with Crippen LogP contribution in [0.4, 0.5) is 5.82 Å². The highest BCUT2D eigenvalue weighted by molar-refractivity contribution is 5.36. The number of anilines is 1. The van der Waals surface area contributed by atoms with Gasteiger partial charge in [-0.25, -0.2) is 4.98 Å². The maximum absolute atomic E-state index is 4.27. The van der Waals surface area contributed by atoms with Crippen LogP contribution < -0.4 is 5.32 Å². The Morgan fingerprint density at radius 2 is 2.22 bits per heavy atom. The summed E-state index contributed by atoms with van der Waals surface area (Å²) in [6.45, 7) is 6.89.